The molecule has 0 saturated carbocycles. The maximum Gasteiger partial charge on any atom is 0.253 e. The summed E-state index contributed by atoms with van der Waals surface area (Å²) >= 11 is 0. The summed E-state index contributed by atoms with van der Waals surface area (Å²) in [7, 11) is 1.57. The second kappa shape index (κ2) is 5.48. The molecule has 4 heteroatoms. The summed E-state index contributed by atoms with van der Waals surface area (Å²) in [6, 6.07) is 13.4. The minimum Gasteiger partial charge on any atom is -0.497 e. The molecule has 0 fully saturated rings. The zero-order chi connectivity index (χ0) is 14.8. The first-order valence-corrected chi connectivity index (χ1v) is 7.01. The van der Waals surface area contributed by atoms with E-state index in [9.17, 15) is 4.79 Å². The fourth-order valence-electron chi connectivity index (χ4n) is 2.80. The highest BCUT2D eigenvalue weighted by molar-refractivity contribution is 5.99. The molecular formula is C17H18N2O2. The normalized spacial score (nSPS) is 16.3. The lowest BCUT2D eigenvalue weighted by Gasteiger charge is -2.15. The van der Waals surface area contributed by atoms with Crippen LogP contribution >= 0.6 is 0 Å². The zero-order valence-corrected chi connectivity index (χ0v) is 11.9. The average molecular weight is 282 g/mol. The van der Waals surface area contributed by atoms with Crippen LogP contribution in [0.1, 0.15) is 33.9 Å². The second-order valence-electron chi connectivity index (χ2n) is 5.22. The standard InChI is InChI=1S/C17H18N2O2/c1-21-12-7-8-15(18)14(10-12)17(20)19-16-9-6-11-4-2-3-5-13(11)16/h2-5,7-8,10,16H,6,9,18H2,1H3,(H,19,20). The monoisotopic (exact) mass is 282 g/mol. The van der Waals surface area contributed by atoms with E-state index >= 15 is 0 Å². The number of nitrogens with one attached hydrogen (secondary N) is 1. The number of carbonyl (C=O) groups is 1. The van der Waals surface area contributed by atoms with Crippen LogP contribution in [0.3, 0.4) is 0 Å². The molecule has 0 saturated heterocycles. The second-order valence-corrected chi connectivity index (χ2v) is 5.22. The highest BCUT2D eigenvalue weighted by Gasteiger charge is 2.24. The maximum absolute atomic E-state index is 12.5. The summed E-state index contributed by atoms with van der Waals surface area (Å²) in [4.78, 5) is 12.5. The Kier molecular flexibility index (Phi) is 3.52. The van der Waals surface area contributed by atoms with Crippen molar-refractivity contribution in [2.45, 2.75) is 18.9 Å². The molecule has 3 N–H and O–H groups in total. The SMILES string of the molecule is COc1ccc(N)c(C(=O)NC2CCc3ccccc32)c1. The summed E-state index contributed by atoms with van der Waals surface area (Å²) < 4.78 is 5.15. The molecule has 1 amide bonds. The van der Waals surface area contributed by atoms with Gasteiger partial charge in [0.05, 0.1) is 18.7 Å². The van der Waals surface area contributed by atoms with Gasteiger partial charge in [-0.1, -0.05) is 24.3 Å². The molecule has 1 atom stereocenters. The summed E-state index contributed by atoms with van der Waals surface area (Å²) in [6.45, 7) is 0. The Labute approximate surface area is 123 Å². The number of amides is 1. The number of methoxy groups -OCH3 is 1. The lowest BCUT2D eigenvalue weighted by molar-refractivity contribution is 0.0937. The van der Waals surface area contributed by atoms with Crippen molar-refractivity contribution in [3.05, 3.63) is 59.2 Å². The molecule has 1 unspecified atom stereocenters. The highest BCUT2D eigenvalue weighted by Crippen LogP contribution is 2.31. The number of hydrogen-bond donors (Lipinski definition) is 2. The number of anilines is 1. The molecule has 2 aromatic carbocycles. The summed E-state index contributed by atoms with van der Waals surface area (Å²) in [5.41, 5.74) is 9.32. The third-order valence-electron chi connectivity index (χ3n) is 3.94. The number of hydrogen-bond acceptors (Lipinski definition) is 3. The van der Waals surface area contributed by atoms with Crippen LogP contribution in [0.4, 0.5) is 5.69 Å². The van der Waals surface area contributed by atoms with Gasteiger partial charge in [0.15, 0.2) is 0 Å². The molecule has 0 aliphatic heterocycles. The third kappa shape index (κ3) is 2.57. The molecule has 3 rings (SSSR count). The van der Waals surface area contributed by atoms with Gasteiger partial charge in [-0.05, 0) is 42.2 Å². The quantitative estimate of drug-likeness (QED) is 0.851. The predicted molar refractivity (Wildman–Crippen MR) is 82.4 cm³/mol. The zero-order valence-electron chi connectivity index (χ0n) is 11.9. The summed E-state index contributed by atoms with van der Waals surface area (Å²) in [6.07, 6.45) is 1.92. The van der Waals surface area contributed by atoms with Gasteiger partial charge in [0.25, 0.3) is 5.91 Å². The molecule has 0 aromatic heterocycles. The molecular weight excluding hydrogens is 264 g/mol. The Morgan fingerprint density at radius 3 is 2.90 bits per heavy atom. The van der Waals surface area contributed by atoms with Gasteiger partial charge in [0, 0.05) is 5.69 Å². The van der Waals surface area contributed by atoms with Crippen molar-refractivity contribution in [1.82, 2.24) is 5.32 Å². The number of benzene rings is 2. The average Bonchev–Trinajstić information content (AvgIpc) is 2.91. The smallest absolute Gasteiger partial charge is 0.253 e. The predicted octanol–water partition coefficient (Wildman–Crippen LogP) is 2.69. The van der Waals surface area contributed by atoms with Crippen LogP contribution < -0.4 is 15.8 Å². The summed E-state index contributed by atoms with van der Waals surface area (Å²) in [5, 5.41) is 3.07. The van der Waals surface area contributed by atoms with Gasteiger partial charge >= 0.3 is 0 Å². The van der Waals surface area contributed by atoms with Gasteiger partial charge in [-0.2, -0.15) is 0 Å². The molecule has 1 aliphatic carbocycles. The van der Waals surface area contributed by atoms with Crippen LogP contribution in [-0.2, 0) is 6.42 Å². The number of rotatable bonds is 3. The molecule has 1 aliphatic rings. The van der Waals surface area contributed by atoms with Gasteiger partial charge < -0.3 is 15.8 Å². The van der Waals surface area contributed by atoms with E-state index in [0.29, 0.717) is 17.0 Å². The fraction of sp³-hybridized carbons (Fsp3) is 0.235. The first kappa shape index (κ1) is 13.5. The highest BCUT2D eigenvalue weighted by atomic mass is 16.5. The van der Waals surface area contributed by atoms with E-state index in [1.807, 2.05) is 12.1 Å². The largest absolute Gasteiger partial charge is 0.497 e. The first-order valence-electron chi connectivity index (χ1n) is 7.01. The minimum absolute atomic E-state index is 0.0549. The van der Waals surface area contributed by atoms with Crippen LogP contribution in [0.5, 0.6) is 5.75 Å². The Morgan fingerprint density at radius 1 is 1.29 bits per heavy atom. The number of carbonyl (C=O) groups excluding carboxylic acids is 1. The Balaban J connectivity index is 1.82. The molecule has 108 valence electrons. The van der Waals surface area contributed by atoms with Gasteiger partial charge in [-0.15, -0.1) is 0 Å². The van der Waals surface area contributed by atoms with Crippen molar-refractivity contribution < 1.29 is 9.53 Å². The molecule has 0 radical (unpaired) electrons. The first-order chi connectivity index (χ1) is 10.2. The molecule has 2 aromatic rings. The van der Waals surface area contributed by atoms with Gasteiger partial charge in [-0.25, -0.2) is 0 Å². The van der Waals surface area contributed by atoms with E-state index in [4.69, 9.17) is 10.5 Å². The van der Waals surface area contributed by atoms with E-state index in [0.717, 1.165) is 12.8 Å². The number of ether oxygens (including phenoxy) is 1. The van der Waals surface area contributed by atoms with Crippen molar-refractivity contribution >= 4 is 11.6 Å². The van der Waals surface area contributed by atoms with Crippen molar-refractivity contribution in [2.75, 3.05) is 12.8 Å². The Hall–Kier alpha value is -2.49. The van der Waals surface area contributed by atoms with Gasteiger partial charge in [0.1, 0.15) is 5.75 Å². The van der Waals surface area contributed by atoms with Crippen LogP contribution in [0, 0.1) is 0 Å². The molecule has 0 bridgehead atoms. The van der Waals surface area contributed by atoms with Crippen molar-refractivity contribution in [3.63, 3.8) is 0 Å². The van der Waals surface area contributed by atoms with Crippen LogP contribution in [-0.4, -0.2) is 13.0 Å². The molecule has 4 nitrogen and oxygen atoms in total. The van der Waals surface area contributed by atoms with Crippen molar-refractivity contribution in [3.8, 4) is 5.75 Å². The lowest BCUT2D eigenvalue weighted by Crippen LogP contribution is -2.27. The number of aryl methyl sites for hydroxylation is 1. The number of nitrogen functional groups attached to an aromatic ring is 1. The topological polar surface area (TPSA) is 64.3 Å². The van der Waals surface area contributed by atoms with Crippen molar-refractivity contribution in [2.24, 2.45) is 0 Å². The summed E-state index contributed by atoms with van der Waals surface area (Å²) in [5.74, 6) is 0.467. The van der Waals surface area contributed by atoms with Crippen LogP contribution in [0.15, 0.2) is 42.5 Å². The number of nitrogens with two attached hydrogens (primary N) is 1. The van der Waals surface area contributed by atoms with Crippen LogP contribution in [0.2, 0.25) is 0 Å². The van der Waals surface area contributed by atoms with E-state index < -0.39 is 0 Å². The third-order valence-corrected chi connectivity index (χ3v) is 3.94. The van der Waals surface area contributed by atoms with Crippen LogP contribution in [0.25, 0.3) is 0 Å². The van der Waals surface area contributed by atoms with Gasteiger partial charge in [-0.3, -0.25) is 4.79 Å². The lowest BCUT2D eigenvalue weighted by atomic mass is 10.1. The molecule has 0 spiro atoms. The van der Waals surface area contributed by atoms with E-state index in [1.165, 1.54) is 11.1 Å². The van der Waals surface area contributed by atoms with E-state index in [-0.39, 0.29) is 11.9 Å². The maximum atomic E-state index is 12.5. The van der Waals surface area contributed by atoms with Gasteiger partial charge in [0.2, 0.25) is 0 Å². The Bertz CT molecular complexity index is 682. The van der Waals surface area contributed by atoms with E-state index in [2.05, 4.69) is 17.4 Å². The minimum atomic E-state index is -0.159. The Morgan fingerprint density at radius 2 is 2.10 bits per heavy atom. The molecule has 0 heterocycles. The van der Waals surface area contributed by atoms with Crippen molar-refractivity contribution in [1.29, 1.82) is 0 Å². The van der Waals surface area contributed by atoms with E-state index in [1.54, 1.807) is 25.3 Å². The molecule has 21 heavy (non-hydrogen) atoms. The fourth-order valence-corrected chi connectivity index (χ4v) is 2.80. The number of fused-ring (bicyclic) bond motifs is 1.